The molecule has 2 aromatic rings. The zero-order chi connectivity index (χ0) is 20.2. The van der Waals surface area contributed by atoms with Gasteiger partial charge < -0.3 is 14.0 Å². The lowest BCUT2D eigenvalue weighted by molar-refractivity contribution is 0.0196. The highest BCUT2D eigenvalue weighted by Gasteiger charge is 2.28. The average molecular weight is 375 g/mol. The topological polar surface area (TPSA) is 73.7 Å². The van der Waals surface area contributed by atoms with Crippen molar-refractivity contribution in [1.29, 1.82) is 0 Å². The van der Waals surface area contributed by atoms with Crippen LogP contribution in [0.5, 0.6) is 0 Å². The summed E-state index contributed by atoms with van der Waals surface area (Å²) in [5, 5.41) is 0. The molecular weight excluding hydrogens is 346 g/mol. The molecule has 1 aliphatic rings. The normalized spacial score (nSPS) is 13.5. The van der Waals surface area contributed by atoms with Crippen molar-refractivity contribution in [1.82, 2.24) is 14.5 Å². The van der Waals surface area contributed by atoms with Gasteiger partial charge in [-0.1, -0.05) is 19.9 Å². The molecule has 1 amide bonds. The molecule has 27 heavy (non-hydrogen) atoms. The number of nitrogens with zero attached hydrogens (tertiary/aromatic N) is 3. The summed E-state index contributed by atoms with van der Waals surface area (Å²) in [5.74, 6) is 0.358. The highest BCUT2D eigenvalue weighted by molar-refractivity contribution is 6.02. The van der Waals surface area contributed by atoms with Crippen LogP contribution in [0.4, 0.5) is 4.79 Å². The van der Waals surface area contributed by atoms with Crippen molar-refractivity contribution >= 4 is 23.1 Å². The third-order valence-electron chi connectivity index (χ3n) is 3.93. The van der Waals surface area contributed by atoms with E-state index in [0.717, 1.165) is 11.3 Å². The van der Waals surface area contributed by atoms with Gasteiger partial charge in [0.25, 0.3) is 0 Å². The van der Waals surface area contributed by atoms with Crippen molar-refractivity contribution in [3.05, 3.63) is 29.6 Å². The Morgan fingerprint density at radius 1 is 1.19 bits per heavy atom. The Labute approximate surface area is 160 Å². The van der Waals surface area contributed by atoms with Gasteiger partial charge in [-0.15, -0.1) is 0 Å². The van der Waals surface area contributed by atoms with Crippen LogP contribution in [0.25, 0.3) is 11.0 Å². The second-order valence-corrected chi connectivity index (χ2v) is 6.98. The van der Waals surface area contributed by atoms with Gasteiger partial charge in [-0.3, -0.25) is 4.90 Å². The number of hydrogen-bond acceptors (Lipinski definition) is 5. The maximum atomic E-state index is 12.3. The van der Waals surface area contributed by atoms with E-state index >= 15 is 0 Å². The molecule has 2 heterocycles. The van der Waals surface area contributed by atoms with Crippen LogP contribution in [0.15, 0.2) is 18.2 Å². The molecule has 3 rings (SSSR count). The molecule has 7 heteroatoms. The number of ether oxygens (including phenoxy) is 2. The Bertz CT molecular complexity index is 820. The van der Waals surface area contributed by atoms with E-state index in [1.54, 1.807) is 17.9 Å². The first-order valence-corrected chi connectivity index (χ1v) is 9.43. The fourth-order valence-corrected chi connectivity index (χ4v) is 2.89. The highest BCUT2D eigenvalue weighted by atomic mass is 16.6. The smallest absolute Gasteiger partial charge is 0.410 e. The van der Waals surface area contributed by atoms with Gasteiger partial charge >= 0.3 is 12.1 Å². The molecule has 0 saturated heterocycles. The number of hydrogen-bond donors (Lipinski definition) is 0. The lowest BCUT2D eigenvalue weighted by Crippen LogP contribution is -2.41. The third kappa shape index (κ3) is 4.59. The predicted molar refractivity (Wildman–Crippen MR) is 104 cm³/mol. The first-order valence-electron chi connectivity index (χ1n) is 9.43. The highest BCUT2D eigenvalue weighted by Crippen LogP contribution is 2.25. The standard InChI is InChI=1S/C18H23N3O4.C2H6/c1-5-24-16(22)12-7-6-8-13-15(12)19-14-11-20(9-10-21(13)14)17(23)25-18(2,3)4;1-2/h6-8H,5,9-11H2,1-4H3;1-2H3. The van der Waals surface area contributed by atoms with E-state index in [0.29, 0.717) is 37.3 Å². The van der Waals surface area contributed by atoms with Crippen LogP contribution in [0, 0.1) is 0 Å². The van der Waals surface area contributed by atoms with Gasteiger partial charge in [-0.05, 0) is 39.8 Å². The minimum absolute atomic E-state index is 0.315. The number of para-hydroxylation sites is 1. The van der Waals surface area contributed by atoms with E-state index in [2.05, 4.69) is 4.98 Å². The number of benzene rings is 1. The number of carbonyl (C=O) groups is 2. The minimum Gasteiger partial charge on any atom is -0.462 e. The van der Waals surface area contributed by atoms with Crippen LogP contribution >= 0.6 is 0 Å². The zero-order valence-electron chi connectivity index (χ0n) is 17.0. The van der Waals surface area contributed by atoms with E-state index in [4.69, 9.17) is 9.47 Å². The van der Waals surface area contributed by atoms with E-state index in [-0.39, 0.29) is 12.1 Å². The first-order chi connectivity index (χ1) is 12.8. The third-order valence-corrected chi connectivity index (χ3v) is 3.93. The van der Waals surface area contributed by atoms with Crippen molar-refractivity contribution in [3.63, 3.8) is 0 Å². The van der Waals surface area contributed by atoms with Gasteiger partial charge in [-0.2, -0.15) is 0 Å². The van der Waals surface area contributed by atoms with Gasteiger partial charge in [0, 0.05) is 13.1 Å². The van der Waals surface area contributed by atoms with Gasteiger partial charge in [0.15, 0.2) is 0 Å². The fourth-order valence-electron chi connectivity index (χ4n) is 2.89. The van der Waals surface area contributed by atoms with Crippen LogP contribution < -0.4 is 0 Å². The monoisotopic (exact) mass is 375 g/mol. The molecule has 1 aromatic carbocycles. The molecule has 0 unspecified atom stereocenters. The molecule has 0 aliphatic carbocycles. The van der Waals surface area contributed by atoms with E-state index in [1.807, 2.05) is 51.3 Å². The second kappa shape index (κ2) is 8.41. The average Bonchev–Trinajstić information content (AvgIpc) is 3.00. The first kappa shape index (κ1) is 20.7. The number of aromatic nitrogens is 2. The molecule has 0 saturated carbocycles. The Kier molecular flexibility index (Phi) is 6.46. The summed E-state index contributed by atoms with van der Waals surface area (Å²) in [5.41, 5.74) is 1.41. The summed E-state index contributed by atoms with van der Waals surface area (Å²) in [6.07, 6.45) is -0.351. The summed E-state index contributed by atoms with van der Waals surface area (Å²) < 4.78 is 12.6. The van der Waals surface area contributed by atoms with Crippen LogP contribution in [0.2, 0.25) is 0 Å². The molecule has 0 radical (unpaired) electrons. The number of imidazole rings is 1. The maximum absolute atomic E-state index is 12.3. The van der Waals surface area contributed by atoms with Crippen molar-refractivity contribution in [2.24, 2.45) is 0 Å². The number of amides is 1. The summed E-state index contributed by atoms with van der Waals surface area (Å²) in [7, 11) is 0. The predicted octanol–water partition coefficient (Wildman–Crippen LogP) is 3.99. The SMILES string of the molecule is CC.CCOC(=O)c1cccc2c1nc1n2CCN(C(=O)OC(C)(C)C)C1. The van der Waals surface area contributed by atoms with Crippen LogP contribution in [-0.4, -0.2) is 45.3 Å². The quantitative estimate of drug-likeness (QED) is 0.742. The molecule has 148 valence electrons. The van der Waals surface area contributed by atoms with Crippen LogP contribution in [-0.2, 0) is 22.6 Å². The van der Waals surface area contributed by atoms with Gasteiger partial charge in [0.1, 0.15) is 16.9 Å². The Morgan fingerprint density at radius 2 is 1.89 bits per heavy atom. The van der Waals surface area contributed by atoms with Gasteiger partial charge in [0.2, 0.25) is 0 Å². The molecule has 0 fully saturated rings. The zero-order valence-corrected chi connectivity index (χ0v) is 17.0. The number of rotatable bonds is 2. The molecule has 1 aromatic heterocycles. The molecule has 0 spiro atoms. The van der Waals surface area contributed by atoms with E-state index < -0.39 is 5.60 Å². The van der Waals surface area contributed by atoms with Gasteiger partial charge in [-0.25, -0.2) is 14.6 Å². The minimum atomic E-state index is -0.536. The van der Waals surface area contributed by atoms with Crippen molar-refractivity contribution in [2.75, 3.05) is 13.2 Å². The number of carbonyl (C=O) groups excluding carboxylic acids is 2. The van der Waals surface area contributed by atoms with Crippen molar-refractivity contribution < 1.29 is 19.1 Å². The van der Waals surface area contributed by atoms with Crippen LogP contribution in [0.1, 0.15) is 57.7 Å². The Balaban J connectivity index is 0.00000126. The summed E-state index contributed by atoms with van der Waals surface area (Å²) in [6.45, 7) is 13.1. The maximum Gasteiger partial charge on any atom is 0.410 e. The largest absolute Gasteiger partial charge is 0.462 e. The lowest BCUT2D eigenvalue weighted by Gasteiger charge is -2.30. The number of fused-ring (bicyclic) bond motifs is 3. The van der Waals surface area contributed by atoms with E-state index in [1.165, 1.54) is 0 Å². The molecular formula is C20H29N3O4. The molecule has 0 atom stereocenters. The Morgan fingerprint density at radius 3 is 2.52 bits per heavy atom. The summed E-state index contributed by atoms with van der Waals surface area (Å²) in [6, 6.07) is 5.46. The van der Waals surface area contributed by atoms with Gasteiger partial charge in [0.05, 0.1) is 24.2 Å². The van der Waals surface area contributed by atoms with E-state index in [9.17, 15) is 9.59 Å². The lowest BCUT2D eigenvalue weighted by atomic mass is 10.2. The summed E-state index contributed by atoms with van der Waals surface area (Å²) >= 11 is 0. The molecule has 0 N–H and O–H groups in total. The number of esters is 1. The van der Waals surface area contributed by atoms with Crippen LogP contribution in [0.3, 0.4) is 0 Å². The molecule has 0 bridgehead atoms. The molecule has 1 aliphatic heterocycles. The van der Waals surface area contributed by atoms with Crippen molar-refractivity contribution in [3.8, 4) is 0 Å². The summed E-state index contributed by atoms with van der Waals surface area (Å²) in [4.78, 5) is 30.7. The Hall–Kier alpha value is -2.57. The fraction of sp³-hybridized carbons (Fsp3) is 0.550. The van der Waals surface area contributed by atoms with Crippen molar-refractivity contribution in [2.45, 2.75) is 60.2 Å². The second-order valence-electron chi connectivity index (χ2n) is 6.98. The molecule has 7 nitrogen and oxygen atoms in total.